The van der Waals surface area contributed by atoms with Crippen LogP contribution in [0.3, 0.4) is 0 Å². The normalized spacial score (nSPS) is 18.8. The lowest BCUT2D eigenvalue weighted by Gasteiger charge is -2.23. The van der Waals surface area contributed by atoms with Gasteiger partial charge in [-0.3, -0.25) is 0 Å². The van der Waals surface area contributed by atoms with E-state index >= 15 is 0 Å². The van der Waals surface area contributed by atoms with E-state index in [0.717, 1.165) is 25.7 Å². The van der Waals surface area contributed by atoms with Gasteiger partial charge in [0.15, 0.2) is 0 Å². The van der Waals surface area contributed by atoms with Crippen molar-refractivity contribution >= 4 is 0 Å². The maximum atomic E-state index is 10.0. The van der Waals surface area contributed by atoms with Crippen LogP contribution in [0.5, 0.6) is 0 Å². The van der Waals surface area contributed by atoms with Gasteiger partial charge in [-0.25, -0.2) is 0 Å². The summed E-state index contributed by atoms with van der Waals surface area (Å²) in [5.41, 5.74) is 0. The Labute approximate surface area is 112 Å². The molecule has 0 aromatic carbocycles. The maximum absolute atomic E-state index is 10.0. The van der Waals surface area contributed by atoms with Gasteiger partial charge in [0.1, 0.15) is 0 Å². The third kappa shape index (κ3) is 7.14. The number of allylic oxidation sites excluding steroid dienone is 1. The van der Waals surface area contributed by atoms with E-state index in [2.05, 4.69) is 13.0 Å². The minimum Gasteiger partial charge on any atom is -0.396 e. The van der Waals surface area contributed by atoms with Crippen LogP contribution in [0.2, 0.25) is 0 Å². The molecule has 0 spiro atoms. The molecule has 18 heavy (non-hydrogen) atoms. The summed E-state index contributed by atoms with van der Waals surface area (Å²) in [5, 5.41) is 28.1. The summed E-state index contributed by atoms with van der Waals surface area (Å²) in [7, 11) is 0. The molecule has 0 saturated carbocycles. The zero-order chi connectivity index (χ0) is 14.0. The fourth-order valence-electron chi connectivity index (χ4n) is 1.99. The molecule has 0 aromatic rings. The van der Waals surface area contributed by atoms with Crippen LogP contribution in [0.15, 0.2) is 12.2 Å². The molecule has 0 rings (SSSR count). The smallest absolute Gasteiger partial charge is 0.0650 e. The van der Waals surface area contributed by atoms with Crippen molar-refractivity contribution in [3.63, 3.8) is 0 Å². The molecule has 0 bridgehead atoms. The predicted octanol–water partition coefficient (Wildman–Crippen LogP) is 2.36. The highest BCUT2D eigenvalue weighted by molar-refractivity contribution is 4.93. The molecule has 0 aromatic heterocycles. The topological polar surface area (TPSA) is 60.7 Å². The number of aliphatic hydroxyl groups is 3. The highest BCUT2D eigenvalue weighted by atomic mass is 16.3. The lowest BCUT2D eigenvalue weighted by molar-refractivity contribution is 0.0480. The SMILES string of the molecule is CC[C@H](C)[C@@H](O)[C@@H](/C=C/C[C@H](C)CCCO)CO. The van der Waals surface area contributed by atoms with Crippen LogP contribution in [0, 0.1) is 17.8 Å². The van der Waals surface area contributed by atoms with Gasteiger partial charge in [-0.05, 0) is 31.1 Å². The Balaban J connectivity index is 4.11. The van der Waals surface area contributed by atoms with Gasteiger partial charge in [-0.15, -0.1) is 0 Å². The molecule has 0 saturated heterocycles. The number of aliphatic hydroxyl groups excluding tert-OH is 3. The lowest BCUT2D eigenvalue weighted by atomic mass is 9.90. The van der Waals surface area contributed by atoms with E-state index in [1.54, 1.807) is 0 Å². The largest absolute Gasteiger partial charge is 0.396 e. The van der Waals surface area contributed by atoms with Crippen LogP contribution < -0.4 is 0 Å². The average Bonchev–Trinajstić information content (AvgIpc) is 2.39. The minimum atomic E-state index is -0.469. The van der Waals surface area contributed by atoms with E-state index in [0.29, 0.717) is 5.92 Å². The van der Waals surface area contributed by atoms with Crippen LogP contribution in [-0.4, -0.2) is 34.6 Å². The molecule has 0 aliphatic rings. The van der Waals surface area contributed by atoms with E-state index in [9.17, 15) is 10.2 Å². The molecule has 3 N–H and O–H groups in total. The molecule has 0 amide bonds. The van der Waals surface area contributed by atoms with Gasteiger partial charge in [-0.2, -0.15) is 0 Å². The molecule has 3 nitrogen and oxygen atoms in total. The first-order chi connectivity index (χ1) is 8.56. The molecule has 0 unspecified atom stereocenters. The van der Waals surface area contributed by atoms with Gasteiger partial charge < -0.3 is 15.3 Å². The van der Waals surface area contributed by atoms with Crippen molar-refractivity contribution in [3.8, 4) is 0 Å². The van der Waals surface area contributed by atoms with E-state index in [4.69, 9.17) is 5.11 Å². The van der Waals surface area contributed by atoms with Crippen LogP contribution in [0.1, 0.15) is 46.5 Å². The standard InChI is InChI=1S/C15H30O3/c1-4-13(3)15(18)14(11-17)9-5-7-12(2)8-6-10-16/h5,9,12-18H,4,6-8,10-11H2,1-3H3/b9-5+/t12-,13-,14-,15+/m0/s1. The molecule has 0 radical (unpaired) electrons. The van der Waals surface area contributed by atoms with Crippen molar-refractivity contribution in [1.82, 2.24) is 0 Å². The number of hydrogen-bond donors (Lipinski definition) is 3. The summed E-state index contributed by atoms with van der Waals surface area (Å²) in [6.45, 7) is 6.44. The van der Waals surface area contributed by atoms with Crippen LogP contribution >= 0.6 is 0 Å². The first kappa shape index (κ1) is 17.6. The van der Waals surface area contributed by atoms with Crippen molar-refractivity contribution < 1.29 is 15.3 Å². The van der Waals surface area contributed by atoms with E-state index in [1.807, 2.05) is 19.9 Å². The second-order valence-corrected chi connectivity index (χ2v) is 5.36. The summed E-state index contributed by atoms with van der Waals surface area (Å²) in [5.74, 6) is 0.581. The monoisotopic (exact) mass is 258 g/mol. The molecule has 108 valence electrons. The Bertz CT molecular complexity index is 216. The lowest BCUT2D eigenvalue weighted by Crippen LogP contribution is -2.28. The quantitative estimate of drug-likeness (QED) is 0.527. The third-order valence-electron chi connectivity index (χ3n) is 3.65. The van der Waals surface area contributed by atoms with Crippen LogP contribution in [0.25, 0.3) is 0 Å². The molecule has 4 atom stereocenters. The molecule has 0 heterocycles. The van der Waals surface area contributed by atoms with Gasteiger partial charge in [0.25, 0.3) is 0 Å². The van der Waals surface area contributed by atoms with Crippen molar-refractivity contribution in [1.29, 1.82) is 0 Å². The van der Waals surface area contributed by atoms with E-state index in [-0.39, 0.29) is 25.0 Å². The molecule has 0 fully saturated rings. The Morgan fingerprint density at radius 3 is 2.33 bits per heavy atom. The molecular weight excluding hydrogens is 228 g/mol. The van der Waals surface area contributed by atoms with Crippen molar-refractivity contribution in [3.05, 3.63) is 12.2 Å². The van der Waals surface area contributed by atoms with Gasteiger partial charge in [-0.1, -0.05) is 39.3 Å². The fraction of sp³-hybridized carbons (Fsp3) is 0.867. The van der Waals surface area contributed by atoms with Crippen LogP contribution in [-0.2, 0) is 0 Å². The maximum Gasteiger partial charge on any atom is 0.0650 e. The molecule has 0 aliphatic heterocycles. The highest BCUT2D eigenvalue weighted by Gasteiger charge is 2.20. The molecular formula is C15H30O3. The Morgan fingerprint density at radius 2 is 1.83 bits per heavy atom. The summed E-state index contributed by atoms with van der Waals surface area (Å²) >= 11 is 0. The number of rotatable bonds is 10. The van der Waals surface area contributed by atoms with Crippen LogP contribution in [0.4, 0.5) is 0 Å². The summed E-state index contributed by atoms with van der Waals surface area (Å²) in [6.07, 6.45) is 7.22. The average molecular weight is 258 g/mol. The van der Waals surface area contributed by atoms with Crippen molar-refractivity contribution in [2.75, 3.05) is 13.2 Å². The zero-order valence-electron chi connectivity index (χ0n) is 12.0. The Hall–Kier alpha value is -0.380. The Kier molecular flexibility index (Phi) is 10.3. The van der Waals surface area contributed by atoms with E-state index in [1.165, 1.54) is 0 Å². The highest BCUT2D eigenvalue weighted by Crippen LogP contribution is 2.18. The summed E-state index contributed by atoms with van der Waals surface area (Å²) in [6, 6.07) is 0. The van der Waals surface area contributed by atoms with Gasteiger partial charge in [0.05, 0.1) is 12.7 Å². The van der Waals surface area contributed by atoms with Crippen molar-refractivity contribution in [2.45, 2.75) is 52.6 Å². The van der Waals surface area contributed by atoms with Gasteiger partial charge >= 0.3 is 0 Å². The molecule has 0 aliphatic carbocycles. The first-order valence-electron chi connectivity index (χ1n) is 7.13. The summed E-state index contributed by atoms with van der Waals surface area (Å²) < 4.78 is 0. The van der Waals surface area contributed by atoms with Crippen molar-refractivity contribution in [2.24, 2.45) is 17.8 Å². The minimum absolute atomic E-state index is 0.00692. The van der Waals surface area contributed by atoms with Gasteiger partial charge in [0.2, 0.25) is 0 Å². The zero-order valence-corrected chi connectivity index (χ0v) is 12.0. The number of hydrogen-bond acceptors (Lipinski definition) is 3. The van der Waals surface area contributed by atoms with E-state index < -0.39 is 6.10 Å². The first-order valence-corrected chi connectivity index (χ1v) is 7.13. The fourth-order valence-corrected chi connectivity index (χ4v) is 1.99. The third-order valence-corrected chi connectivity index (χ3v) is 3.65. The second kappa shape index (κ2) is 10.5. The summed E-state index contributed by atoms with van der Waals surface area (Å²) in [4.78, 5) is 0. The van der Waals surface area contributed by atoms with Gasteiger partial charge in [0, 0.05) is 12.5 Å². The Morgan fingerprint density at radius 1 is 1.17 bits per heavy atom. The molecule has 3 heteroatoms. The second-order valence-electron chi connectivity index (χ2n) is 5.36. The predicted molar refractivity (Wildman–Crippen MR) is 75.3 cm³/mol.